The van der Waals surface area contributed by atoms with Crippen molar-refractivity contribution >= 4 is 17.8 Å². The van der Waals surface area contributed by atoms with Gasteiger partial charge in [0.25, 0.3) is 0 Å². The highest BCUT2D eigenvalue weighted by Gasteiger charge is 2.26. The minimum absolute atomic E-state index is 0.0858. The summed E-state index contributed by atoms with van der Waals surface area (Å²) in [5, 5.41) is 14.2. The highest BCUT2D eigenvalue weighted by atomic mass is 19.1. The first kappa shape index (κ1) is 19.6. The Morgan fingerprint density at radius 1 is 1.08 bits per heavy atom. The van der Waals surface area contributed by atoms with Gasteiger partial charge in [-0.25, -0.2) is 9.18 Å². The number of carboxylic acids is 1. The van der Waals surface area contributed by atoms with Crippen molar-refractivity contribution in [2.24, 2.45) is 5.92 Å². The standard InChI is InChI=1S/C17H23FN2O4/c1-10(2)8-15(17(23)24)20-16(22)14(19-11(3)21)9-12-4-6-13(18)7-5-12/h4-7,10,14-15H,8-9H2,1-3H3,(H,19,21)(H,20,22)(H,23,24). The van der Waals surface area contributed by atoms with Crippen LogP contribution in [0, 0.1) is 11.7 Å². The van der Waals surface area contributed by atoms with E-state index in [0.717, 1.165) is 0 Å². The molecule has 0 radical (unpaired) electrons. The minimum Gasteiger partial charge on any atom is -0.480 e. The van der Waals surface area contributed by atoms with Crippen molar-refractivity contribution in [1.29, 1.82) is 0 Å². The molecule has 1 rings (SSSR count). The summed E-state index contributed by atoms with van der Waals surface area (Å²) in [5.74, 6) is -2.43. The lowest BCUT2D eigenvalue weighted by Crippen LogP contribution is -2.52. The van der Waals surface area contributed by atoms with Gasteiger partial charge in [-0.2, -0.15) is 0 Å². The first-order valence-electron chi connectivity index (χ1n) is 7.73. The van der Waals surface area contributed by atoms with E-state index in [1.165, 1.54) is 31.2 Å². The molecule has 1 aromatic rings. The Hall–Kier alpha value is -2.44. The second-order valence-electron chi connectivity index (χ2n) is 6.11. The Morgan fingerprint density at radius 2 is 1.67 bits per heavy atom. The van der Waals surface area contributed by atoms with E-state index in [9.17, 15) is 23.9 Å². The van der Waals surface area contributed by atoms with E-state index in [0.29, 0.717) is 5.56 Å². The van der Waals surface area contributed by atoms with Gasteiger partial charge in [0.05, 0.1) is 0 Å². The summed E-state index contributed by atoms with van der Waals surface area (Å²) in [5.41, 5.74) is 0.654. The van der Waals surface area contributed by atoms with Crippen LogP contribution in [0.25, 0.3) is 0 Å². The quantitative estimate of drug-likeness (QED) is 0.669. The van der Waals surface area contributed by atoms with Crippen molar-refractivity contribution in [2.75, 3.05) is 0 Å². The third kappa shape index (κ3) is 6.76. The maximum absolute atomic E-state index is 13.0. The van der Waals surface area contributed by atoms with E-state index in [1.54, 1.807) is 0 Å². The molecule has 0 heterocycles. The zero-order valence-corrected chi connectivity index (χ0v) is 14.0. The SMILES string of the molecule is CC(=O)NC(Cc1ccc(F)cc1)C(=O)NC(CC(C)C)C(=O)O. The van der Waals surface area contributed by atoms with Crippen LogP contribution in [0.15, 0.2) is 24.3 Å². The van der Waals surface area contributed by atoms with E-state index in [1.807, 2.05) is 13.8 Å². The highest BCUT2D eigenvalue weighted by Crippen LogP contribution is 2.09. The average molecular weight is 338 g/mol. The van der Waals surface area contributed by atoms with Gasteiger partial charge < -0.3 is 15.7 Å². The zero-order valence-electron chi connectivity index (χ0n) is 14.0. The maximum atomic E-state index is 13.0. The normalized spacial score (nSPS) is 13.2. The number of nitrogens with one attached hydrogen (secondary N) is 2. The summed E-state index contributed by atoms with van der Waals surface area (Å²) in [6.07, 6.45) is 0.421. The molecular weight excluding hydrogens is 315 g/mol. The molecule has 0 aliphatic rings. The number of aliphatic carboxylic acids is 1. The molecule has 0 aromatic heterocycles. The molecular formula is C17H23FN2O4. The van der Waals surface area contributed by atoms with E-state index < -0.39 is 35.7 Å². The van der Waals surface area contributed by atoms with Gasteiger partial charge in [-0.15, -0.1) is 0 Å². The molecule has 0 bridgehead atoms. The first-order valence-corrected chi connectivity index (χ1v) is 7.73. The van der Waals surface area contributed by atoms with Crippen LogP contribution in [0.3, 0.4) is 0 Å². The van der Waals surface area contributed by atoms with Crippen molar-refractivity contribution < 1.29 is 23.9 Å². The van der Waals surface area contributed by atoms with Crippen LogP contribution in [-0.4, -0.2) is 35.0 Å². The number of hydrogen-bond donors (Lipinski definition) is 3. The molecule has 2 amide bonds. The number of halogens is 1. The predicted octanol–water partition coefficient (Wildman–Crippen LogP) is 1.49. The van der Waals surface area contributed by atoms with Gasteiger partial charge in [0, 0.05) is 13.3 Å². The fraction of sp³-hybridized carbons (Fsp3) is 0.471. The zero-order chi connectivity index (χ0) is 18.3. The van der Waals surface area contributed by atoms with Crippen LogP contribution < -0.4 is 10.6 Å². The fourth-order valence-corrected chi connectivity index (χ4v) is 2.28. The number of benzene rings is 1. The Labute approximate surface area is 140 Å². The number of carbonyl (C=O) groups is 3. The number of carboxylic acid groups (broad SMARTS) is 1. The average Bonchev–Trinajstić information content (AvgIpc) is 2.47. The number of rotatable bonds is 8. The van der Waals surface area contributed by atoms with E-state index in [2.05, 4.69) is 10.6 Å². The summed E-state index contributed by atoms with van der Waals surface area (Å²) in [6, 6.07) is 3.60. The Bertz CT molecular complexity index is 587. The summed E-state index contributed by atoms with van der Waals surface area (Å²) >= 11 is 0. The second-order valence-corrected chi connectivity index (χ2v) is 6.11. The van der Waals surface area contributed by atoms with Crippen LogP contribution in [0.1, 0.15) is 32.8 Å². The van der Waals surface area contributed by atoms with Crippen molar-refractivity contribution in [3.63, 3.8) is 0 Å². The smallest absolute Gasteiger partial charge is 0.326 e. The monoisotopic (exact) mass is 338 g/mol. The van der Waals surface area contributed by atoms with Gasteiger partial charge in [-0.1, -0.05) is 26.0 Å². The molecule has 6 nitrogen and oxygen atoms in total. The topological polar surface area (TPSA) is 95.5 Å². The van der Waals surface area contributed by atoms with Crippen LogP contribution in [-0.2, 0) is 20.8 Å². The fourth-order valence-electron chi connectivity index (χ4n) is 2.28. The van der Waals surface area contributed by atoms with E-state index >= 15 is 0 Å². The van der Waals surface area contributed by atoms with E-state index in [-0.39, 0.29) is 18.8 Å². The minimum atomic E-state index is -1.12. The third-order valence-electron chi connectivity index (χ3n) is 3.37. The molecule has 132 valence electrons. The molecule has 0 saturated heterocycles. The lowest BCUT2D eigenvalue weighted by atomic mass is 10.0. The van der Waals surface area contributed by atoms with Crippen molar-refractivity contribution in [2.45, 2.75) is 45.7 Å². The Balaban J connectivity index is 2.85. The molecule has 0 aliphatic heterocycles. The van der Waals surface area contributed by atoms with Crippen molar-refractivity contribution in [3.05, 3.63) is 35.6 Å². The molecule has 2 atom stereocenters. The Morgan fingerprint density at radius 3 is 2.12 bits per heavy atom. The maximum Gasteiger partial charge on any atom is 0.326 e. The van der Waals surface area contributed by atoms with Gasteiger partial charge in [0.2, 0.25) is 11.8 Å². The molecule has 0 aliphatic carbocycles. The van der Waals surface area contributed by atoms with Crippen LogP contribution >= 0.6 is 0 Å². The third-order valence-corrected chi connectivity index (χ3v) is 3.37. The molecule has 1 aromatic carbocycles. The summed E-state index contributed by atoms with van der Waals surface area (Å²) in [6.45, 7) is 4.98. The Kier molecular flexibility index (Phi) is 7.35. The lowest BCUT2D eigenvalue weighted by Gasteiger charge is -2.22. The molecule has 3 N–H and O–H groups in total. The van der Waals surface area contributed by atoms with Gasteiger partial charge in [0.15, 0.2) is 0 Å². The molecule has 0 spiro atoms. The lowest BCUT2D eigenvalue weighted by molar-refractivity contribution is -0.142. The van der Waals surface area contributed by atoms with Gasteiger partial charge in [-0.05, 0) is 30.0 Å². The van der Waals surface area contributed by atoms with Crippen molar-refractivity contribution in [3.8, 4) is 0 Å². The number of hydrogen-bond acceptors (Lipinski definition) is 3. The second kappa shape index (κ2) is 9.00. The first-order chi connectivity index (χ1) is 11.2. The van der Waals surface area contributed by atoms with Crippen molar-refractivity contribution in [1.82, 2.24) is 10.6 Å². The van der Waals surface area contributed by atoms with Crippen LogP contribution in [0.2, 0.25) is 0 Å². The van der Waals surface area contributed by atoms with Crippen LogP contribution in [0.5, 0.6) is 0 Å². The molecule has 24 heavy (non-hydrogen) atoms. The van der Waals surface area contributed by atoms with Gasteiger partial charge in [-0.3, -0.25) is 9.59 Å². The highest BCUT2D eigenvalue weighted by molar-refractivity contribution is 5.90. The molecule has 0 saturated carbocycles. The summed E-state index contributed by atoms with van der Waals surface area (Å²) in [7, 11) is 0. The largest absolute Gasteiger partial charge is 0.480 e. The summed E-state index contributed by atoms with van der Waals surface area (Å²) < 4.78 is 13.0. The summed E-state index contributed by atoms with van der Waals surface area (Å²) in [4.78, 5) is 35.0. The number of amides is 2. The molecule has 7 heteroatoms. The predicted molar refractivity (Wildman–Crippen MR) is 86.7 cm³/mol. The van der Waals surface area contributed by atoms with Gasteiger partial charge in [0.1, 0.15) is 17.9 Å². The van der Waals surface area contributed by atoms with Crippen LogP contribution in [0.4, 0.5) is 4.39 Å². The van der Waals surface area contributed by atoms with E-state index in [4.69, 9.17) is 0 Å². The van der Waals surface area contributed by atoms with Gasteiger partial charge >= 0.3 is 5.97 Å². The molecule has 2 unspecified atom stereocenters. The molecule has 0 fully saturated rings. The number of carbonyl (C=O) groups excluding carboxylic acids is 2.